The number of hydrogen-bond acceptors (Lipinski definition) is 5. The summed E-state index contributed by atoms with van der Waals surface area (Å²) in [5, 5.41) is 12.7. The van der Waals surface area contributed by atoms with Gasteiger partial charge in [0.2, 0.25) is 5.75 Å². The van der Waals surface area contributed by atoms with Gasteiger partial charge in [-0.25, -0.2) is 0 Å². The molecule has 1 aliphatic heterocycles. The van der Waals surface area contributed by atoms with Gasteiger partial charge in [-0.3, -0.25) is 4.79 Å². The van der Waals surface area contributed by atoms with E-state index in [1.54, 1.807) is 0 Å². The fraction of sp³-hybridized carbons (Fsp3) is 0.500. The van der Waals surface area contributed by atoms with Crippen molar-refractivity contribution in [2.75, 3.05) is 27.4 Å². The quantitative estimate of drug-likeness (QED) is 0.870. The second-order valence-electron chi connectivity index (χ2n) is 4.62. The molecule has 110 valence electrons. The molecule has 1 heterocycles. The molecule has 1 aromatic carbocycles. The Morgan fingerprint density at radius 3 is 2.50 bits per heavy atom. The number of ether oxygens (including phenoxy) is 3. The average molecular weight is 281 g/mol. The summed E-state index contributed by atoms with van der Waals surface area (Å²) >= 11 is 0. The van der Waals surface area contributed by atoms with Crippen molar-refractivity contribution in [1.29, 1.82) is 0 Å². The lowest BCUT2D eigenvalue weighted by Gasteiger charge is -2.23. The molecule has 1 fully saturated rings. The van der Waals surface area contributed by atoms with E-state index in [0.717, 1.165) is 19.4 Å². The summed E-state index contributed by atoms with van der Waals surface area (Å²) in [6.07, 6.45) is 1.84. The zero-order chi connectivity index (χ0) is 14.5. The van der Waals surface area contributed by atoms with E-state index in [9.17, 15) is 9.90 Å². The van der Waals surface area contributed by atoms with Crippen molar-refractivity contribution in [2.24, 2.45) is 0 Å². The van der Waals surface area contributed by atoms with Crippen LogP contribution in [0.1, 0.15) is 23.2 Å². The maximum absolute atomic E-state index is 12.2. The van der Waals surface area contributed by atoms with Crippen LogP contribution >= 0.6 is 0 Å². The van der Waals surface area contributed by atoms with Crippen molar-refractivity contribution < 1.29 is 24.1 Å². The standard InChI is InChI=1S/C14H19NO5/c1-18-11-6-9(7-12(19-2)13(11)16)14(17)15-10-4-3-5-20-8-10/h6-7,10,16H,3-5,8H2,1-2H3,(H,15,17). The number of phenolic OH excluding ortho intramolecular Hbond substituents is 1. The van der Waals surface area contributed by atoms with Gasteiger partial charge in [0, 0.05) is 12.2 Å². The normalized spacial score (nSPS) is 18.4. The molecule has 0 spiro atoms. The van der Waals surface area contributed by atoms with E-state index in [-0.39, 0.29) is 29.2 Å². The molecule has 1 unspecified atom stereocenters. The lowest BCUT2D eigenvalue weighted by atomic mass is 10.1. The Morgan fingerprint density at radius 2 is 2.00 bits per heavy atom. The lowest BCUT2D eigenvalue weighted by molar-refractivity contribution is 0.0624. The highest BCUT2D eigenvalue weighted by Gasteiger charge is 2.20. The number of rotatable bonds is 4. The SMILES string of the molecule is COc1cc(C(=O)NC2CCCOC2)cc(OC)c1O. The minimum atomic E-state index is -0.239. The second kappa shape index (κ2) is 6.47. The van der Waals surface area contributed by atoms with E-state index in [1.165, 1.54) is 26.4 Å². The highest BCUT2D eigenvalue weighted by atomic mass is 16.5. The van der Waals surface area contributed by atoms with Crippen LogP contribution in [-0.2, 0) is 4.74 Å². The summed E-state index contributed by atoms with van der Waals surface area (Å²) in [7, 11) is 2.84. The minimum absolute atomic E-state index is 0.0158. The summed E-state index contributed by atoms with van der Waals surface area (Å²) in [5.41, 5.74) is 0.377. The summed E-state index contributed by atoms with van der Waals surface area (Å²) in [6.45, 7) is 1.27. The molecule has 1 aromatic rings. The van der Waals surface area contributed by atoms with E-state index >= 15 is 0 Å². The van der Waals surface area contributed by atoms with Crippen LogP contribution in [0.5, 0.6) is 17.2 Å². The van der Waals surface area contributed by atoms with Crippen molar-refractivity contribution in [1.82, 2.24) is 5.32 Å². The van der Waals surface area contributed by atoms with Crippen molar-refractivity contribution in [2.45, 2.75) is 18.9 Å². The maximum Gasteiger partial charge on any atom is 0.251 e. The van der Waals surface area contributed by atoms with E-state index in [2.05, 4.69) is 5.32 Å². The van der Waals surface area contributed by atoms with Crippen molar-refractivity contribution in [3.63, 3.8) is 0 Å². The smallest absolute Gasteiger partial charge is 0.251 e. The van der Waals surface area contributed by atoms with E-state index < -0.39 is 0 Å². The van der Waals surface area contributed by atoms with E-state index in [0.29, 0.717) is 12.2 Å². The van der Waals surface area contributed by atoms with Crippen LogP contribution in [0.3, 0.4) is 0 Å². The molecule has 6 heteroatoms. The van der Waals surface area contributed by atoms with Gasteiger partial charge in [-0.15, -0.1) is 0 Å². The Morgan fingerprint density at radius 1 is 1.35 bits per heavy atom. The van der Waals surface area contributed by atoms with Crippen molar-refractivity contribution >= 4 is 5.91 Å². The van der Waals surface area contributed by atoms with Crippen LogP contribution in [-0.4, -0.2) is 44.5 Å². The number of nitrogens with one attached hydrogen (secondary N) is 1. The van der Waals surface area contributed by atoms with Crippen LogP contribution < -0.4 is 14.8 Å². The topological polar surface area (TPSA) is 77.0 Å². The molecule has 0 aromatic heterocycles. The fourth-order valence-electron chi connectivity index (χ4n) is 2.15. The van der Waals surface area contributed by atoms with Crippen molar-refractivity contribution in [3.8, 4) is 17.2 Å². The van der Waals surface area contributed by atoms with Gasteiger partial charge < -0.3 is 24.6 Å². The van der Waals surface area contributed by atoms with Gasteiger partial charge in [0.25, 0.3) is 5.91 Å². The summed E-state index contributed by atoms with van der Waals surface area (Å²) in [6, 6.07) is 2.98. The number of aromatic hydroxyl groups is 1. The first-order valence-corrected chi connectivity index (χ1v) is 6.49. The third-order valence-corrected chi connectivity index (χ3v) is 3.24. The highest BCUT2D eigenvalue weighted by molar-refractivity contribution is 5.95. The molecular formula is C14H19NO5. The number of methoxy groups -OCH3 is 2. The first-order chi connectivity index (χ1) is 9.65. The van der Waals surface area contributed by atoms with Crippen LogP contribution in [0, 0.1) is 0 Å². The molecule has 20 heavy (non-hydrogen) atoms. The Kier molecular flexibility index (Phi) is 4.68. The summed E-state index contributed by atoms with van der Waals surface area (Å²) in [5.74, 6) is 0.0495. The molecule has 1 aliphatic rings. The molecule has 6 nitrogen and oxygen atoms in total. The number of benzene rings is 1. The van der Waals surface area contributed by atoms with Gasteiger partial charge >= 0.3 is 0 Å². The Labute approximate surface area is 117 Å². The first-order valence-electron chi connectivity index (χ1n) is 6.49. The molecule has 1 atom stereocenters. The Bertz CT molecular complexity index is 457. The average Bonchev–Trinajstić information content (AvgIpc) is 2.48. The van der Waals surface area contributed by atoms with Gasteiger partial charge in [0.05, 0.1) is 26.9 Å². The van der Waals surface area contributed by atoms with Crippen LogP contribution in [0.15, 0.2) is 12.1 Å². The molecular weight excluding hydrogens is 262 g/mol. The maximum atomic E-state index is 12.2. The Hall–Kier alpha value is -1.95. The summed E-state index contributed by atoms with van der Waals surface area (Å²) < 4.78 is 15.4. The molecule has 0 bridgehead atoms. The van der Waals surface area contributed by atoms with Gasteiger partial charge in [0.15, 0.2) is 11.5 Å². The monoisotopic (exact) mass is 281 g/mol. The van der Waals surface area contributed by atoms with E-state index in [4.69, 9.17) is 14.2 Å². The van der Waals surface area contributed by atoms with Crippen LogP contribution in [0.2, 0.25) is 0 Å². The van der Waals surface area contributed by atoms with Gasteiger partial charge in [-0.05, 0) is 25.0 Å². The molecule has 2 rings (SSSR count). The van der Waals surface area contributed by atoms with Crippen LogP contribution in [0.25, 0.3) is 0 Å². The predicted molar refractivity (Wildman–Crippen MR) is 72.5 cm³/mol. The molecule has 1 saturated heterocycles. The zero-order valence-electron chi connectivity index (χ0n) is 11.6. The molecule has 0 aliphatic carbocycles. The summed E-state index contributed by atoms with van der Waals surface area (Å²) in [4.78, 5) is 12.2. The lowest BCUT2D eigenvalue weighted by Crippen LogP contribution is -2.40. The third kappa shape index (κ3) is 3.14. The number of carbonyl (C=O) groups excluding carboxylic acids is 1. The van der Waals surface area contributed by atoms with Gasteiger partial charge in [-0.2, -0.15) is 0 Å². The molecule has 0 radical (unpaired) electrons. The number of phenols is 1. The molecule has 2 N–H and O–H groups in total. The largest absolute Gasteiger partial charge is 0.502 e. The van der Waals surface area contributed by atoms with Gasteiger partial charge in [0.1, 0.15) is 0 Å². The van der Waals surface area contributed by atoms with Gasteiger partial charge in [-0.1, -0.05) is 0 Å². The number of hydrogen-bond donors (Lipinski definition) is 2. The highest BCUT2D eigenvalue weighted by Crippen LogP contribution is 2.37. The van der Waals surface area contributed by atoms with E-state index in [1.807, 2.05) is 0 Å². The first kappa shape index (κ1) is 14.5. The number of carbonyl (C=O) groups is 1. The Balaban J connectivity index is 2.16. The zero-order valence-corrected chi connectivity index (χ0v) is 11.6. The van der Waals surface area contributed by atoms with Crippen molar-refractivity contribution in [3.05, 3.63) is 17.7 Å². The minimum Gasteiger partial charge on any atom is -0.502 e. The van der Waals surface area contributed by atoms with Crippen LogP contribution in [0.4, 0.5) is 0 Å². The predicted octanol–water partition coefficient (Wildman–Crippen LogP) is 1.32. The molecule has 0 saturated carbocycles. The fourth-order valence-corrected chi connectivity index (χ4v) is 2.15. The number of amides is 1. The molecule has 1 amide bonds. The third-order valence-electron chi connectivity index (χ3n) is 3.24. The second-order valence-corrected chi connectivity index (χ2v) is 4.62.